The lowest BCUT2D eigenvalue weighted by molar-refractivity contribution is -0.131. The second-order valence-corrected chi connectivity index (χ2v) is 3.80. The maximum absolute atomic E-state index is 11.9. The number of carboxylic acids is 1. The highest BCUT2D eigenvalue weighted by Gasteiger charge is 2.11. The molecule has 0 bridgehead atoms. The standard InChI is InChI=1S/C14H16O4/c1-3-4-12(15)11-9-10(6-8-14(16)17)5-7-13(11)18-2/h5-9H,3-4H2,1-2H3,(H,16,17). The van der Waals surface area contributed by atoms with E-state index < -0.39 is 5.97 Å². The van der Waals surface area contributed by atoms with Crippen LogP contribution in [0.3, 0.4) is 0 Å². The van der Waals surface area contributed by atoms with Gasteiger partial charge in [0.1, 0.15) is 5.75 Å². The molecule has 1 aromatic carbocycles. The number of benzene rings is 1. The second-order valence-electron chi connectivity index (χ2n) is 3.80. The van der Waals surface area contributed by atoms with Gasteiger partial charge in [-0.1, -0.05) is 13.0 Å². The zero-order valence-electron chi connectivity index (χ0n) is 10.5. The lowest BCUT2D eigenvalue weighted by Gasteiger charge is -2.08. The predicted octanol–water partition coefficient (Wildman–Crippen LogP) is 2.78. The van der Waals surface area contributed by atoms with Gasteiger partial charge in [-0.2, -0.15) is 0 Å². The molecule has 0 aliphatic rings. The number of rotatable bonds is 6. The van der Waals surface area contributed by atoms with Crippen molar-refractivity contribution in [2.75, 3.05) is 7.11 Å². The molecule has 0 unspecified atom stereocenters. The molecule has 18 heavy (non-hydrogen) atoms. The average Bonchev–Trinajstić information content (AvgIpc) is 2.36. The molecule has 0 fully saturated rings. The van der Waals surface area contributed by atoms with Crippen LogP contribution in [0.1, 0.15) is 35.7 Å². The summed E-state index contributed by atoms with van der Waals surface area (Å²) >= 11 is 0. The molecule has 0 saturated heterocycles. The summed E-state index contributed by atoms with van der Waals surface area (Å²) in [6.07, 6.45) is 3.69. The lowest BCUT2D eigenvalue weighted by atomic mass is 10.0. The van der Waals surface area contributed by atoms with Crippen molar-refractivity contribution in [1.82, 2.24) is 0 Å². The van der Waals surface area contributed by atoms with E-state index in [9.17, 15) is 9.59 Å². The van der Waals surface area contributed by atoms with Gasteiger partial charge in [-0.3, -0.25) is 4.79 Å². The maximum atomic E-state index is 11.9. The van der Waals surface area contributed by atoms with Gasteiger partial charge in [-0.05, 0) is 30.2 Å². The van der Waals surface area contributed by atoms with E-state index in [1.54, 1.807) is 18.2 Å². The Morgan fingerprint density at radius 2 is 2.11 bits per heavy atom. The molecule has 0 aromatic heterocycles. The first kappa shape index (κ1) is 14.0. The van der Waals surface area contributed by atoms with Crippen LogP contribution < -0.4 is 4.74 Å². The van der Waals surface area contributed by atoms with Crippen molar-refractivity contribution < 1.29 is 19.4 Å². The van der Waals surface area contributed by atoms with E-state index >= 15 is 0 Å². The third-order valence-corrected chi connectivity index (χ3v) is 2.42. The second kappa shape index (κ2) is 6.59. The van der Waals surface area contributed by atoms with Crippen molar-refractivity contribution in [1.29, 1.82) is 0 Å². The van der Waals surface area contributed by atoms with Crippen molar-refractivity contribution in [2.45, 2.75) is 19.8 Å². The minimum absolute atomic E-state index is 0.0000694. The van der Waals surface area contributed by atoms with Crippen molar-refractivity contribution in [3.63, 3.8) is 0 Å². The number of carbonyl (C=O) groups excluding carboxylic acids is 1. The molecule has 0 spiro atoms. The van der Waals surface area contributed by atoms with Crippen LogP contribution >= 0.6 is 0 Å². The summed E-state index contributed by atoms with van der Waals surface area (Å²) in [6, 6.07) is 5.03. The van der Waals surface area contributed by atoms with Crippen LogP contribution in [0.5, 0.6) is 5.75 Å². The third kappa shape index (κ3) is 3.73. The van der Waals surface area contributed by atoms with Crippen LogP contribution in [0.25, 0.3) is 6.08 Å². The largest absolute Gasteiger partial charge is 0.496 e. The quantitative estimate of drug-likeness (QED) is 0.621. The van der Waals surface area contributed by atoms with Crippen molar-refractivity contribution in [3.8, 4) is 5.75 Å². The SMILES string of the molecule is CCCC(=O)c1cc(C=CC(=O)O)ccc1OC. The molecule has 0 saturated carbocycles. The number of ether oxygens (including phenoxy) is 1. The number of carbonyl (C=O) groups is 2. The summed E-state index contributed by atoms with van der Waals surface area (Å²) in [5.41, 5.74) is 1.16. The van der Waals surface area contributed by atoms with Crippen LogP contribution in [0.2, 0.25) is 0 Å². The number of Topliss-reactive ketones (excluding diaryl/α,β-unsaturated/α-hetero) is 1. The number of methoxy groups -OCH3 is 1. The molecular formula is C14H16O4. The summed E-state index contributed by atoms with van der Waals surface area (Å²) in [5, 5.41) is 8.56. The van der Waals surface area contributed by atoms with Gasteiger partial charge < -0.3 is 9.84 Å². The molecule has 4 nitrogen and oxygen atoms in total. The van der Waals surface area contributed by atoms with E-state index in [1.165, 1.54) is 13.2 Å². The third-order valence-electron chi connectivity index (χ3n) is 2.42. The van der Waals surface area contributed by atoms with Gasteiger partial charge in [0.25, 0.3) is 0 Å². The fraction of sp³-hybridized carbons (Fsp3) is 0.286. The lowest BCUT2D eigenvalue weighted by Crippen LogP contribution is -2.02. The Morgan fingerprint density at radius 3 is 2.67 bits per heavy atom. The molecule has 0 radical (unpaired) electrons. The number of hydrogen-bond acceptors (Lipinski definition) is 3. The first-order chi connectivity index (χ1) is 8.58. The van der Waals surface area contributed by atoms with Crippen molar-refractivity contribution >= 4 is 17.8 Å². The Kier molecular flexibility index (Phi) is 5.11. The minimum Gasteiger partial charge on any atom is -0.496 e. The first-order valence-electron chi connectivity index (χ1n) is 5.70. The molecule has 0 aliphatic carbocycles. The summed E-state index contributed by atoms with van der Waals surface area (Å²) in [6.45, 7) is 1.93. The number of ketones is 1. The van der Waals surface area contributed by atoms with Crippen LogP contribution in [-0.2, 0) is 4.79 Å². The fourth-order valence-electron chi connectivity index (χ4n) is 1.58. The molecular weight excluding hydrogens is 232 g/mol. The van der Waals surface area contributed by atoms with Crippen molar-refractivity contribution in [3.05, 3.63) is 35.4 Å². The normalized spacial score (nSPS) is 10.6. The molecule has 1 aromatic rings. The van der Waals surface area contributed by atoms with E-state index in [1.807, 2.05) is 6.92 Å². The van der Waals surface area contributed by atoms with Crippen molar-refractivity contribution in [2.24, 2.45) is 0 Å². The smallest absolute Gasteiger partial charge is 0.328 e. The van der Waals surface area contributed by atoms with E-state index in [4.69, 9.17) is 9.84 Å². The van der Waals surface area contributed by atoms with Crippen LogP contribution in [-0.4, -0.2) is 24.0 Å². The van der Waals surface area contributed by atoms with Gasteiger partial charge in [0.15, 0.2) is 5.78 Å². The average molecular weight is 248 g/mol. The summed E-state index contributed by atoms with van der Waals surface area (Å²) < 4.78 is 5.13. The topological polar surface area (TPSA) is 63.6 Å². The van der Waals surface area contributed by atoms with Gasteiger partial charge in [0.05, 0.1) is 12.7 Å². The van der Waals surface area contributed by atoms with E-state index in [0.717, 1.165) is 12.5 Å². The molecule has 1 N–H and O–H groups in total. The van der Waals surface area contributed by atoms with Crippen LogP contribution in [0, 0.1) is 0 Å². The van der Waals surface area contributed by atoms with Gasteiger partial charge in [0.2, 0.25) is 0 Å². The van der Waals surface area contributed by atoms with Gasteiger partial charge in [-0.15, -0.1) is 0 Å². The highest BCUT2D eigenvalue weighted by atomic mass is 16.5. The molecule has 0 atom stereocenters. The Morgan fingerprint density at radius 1 is 1.39 bits per heavy atom. The molecule has 0 aliphatic heterocycles. The molecule has 0 amide bonds. The number of hydrogen-bond donors (Lipinski definition) is 1. The number of aliphatic carboxylic acids is 1. The van der Waals surface area contributed by atoms with Gasteiger partial charge in [0, 0.05) is 12.5 Å². The zero-order chi connectivity index (χ0) is 13.5. The van der Waals surface area contributed by atoms with Gasteiger partial charge in [-0.25, -0.2) is 4.79 Å². The Labute approximate surface area is 106 Å². The highest BCUT2D eigenvalue weighted by Crippen LogP contribution is 2.22. The van der Waals surface area contributed by atoms with Crippen LogP contribution in [0.15, 0.2) is 24.3 Å². The first-order valence-corrected chi connectivity index (χ1v) is 5.70. The predicted molar refractivity (Wildman–Crippen MR) is 68.9 cm³/mol. The molecule has 1 rings (SSSR count). The van der Waals surface area contributed by atoms with Crippen LogP contribution in [0.4, 0.5) is 0 Å². The summed E-state index contributed by atoms with van der Waals surface area (Å²) in [7, 11) is 1.50. The highest BCUT2D eigenvalue weighted by molar-refractivity contribution is 5.99. The zero-order valence-corrected chi connectivity index (χ0v) is 10.5. The minimum atomic E-state index is -1.02. The molecule has 96 valence electrons. The fourth-order valence-corrected chi connectivity index (χ4v) is 1.58. The number of carboxylic acid groups (broad SMARTS) is 1. The Bertz CT molecular complexity index is 475. The molecule has 4 heteroatoms. The summed E-state index contributed by atoms with van der Waals surface area (Å²) in [4.78, 5) is 22.3. The van der Waals surface area contributed by atoms with Gasteiger partial charge >= 0.3 is 5.97 Å². The Balaban J connectivity index is 3.09. The van der Waals surface area contributed by atoms with E-state index in [-0.39, 0.29) is 5.78 Å². The Hall–Kier alpha value is -2.10. The maximum Gasteiger partial charge on any atom is 0.328 e. The molecule has 0 heterocycles. The van der Waals surface area contributed by atoms with E-state index in [2.05, 4.69) is 0 Å². The van der Waals surface area contributed by atoms with E-state index in [0.29, 0.717) is 23.3 Å². The summed E-state index contributed by atoms with van der Waals surface area (Å²) in [5.74, 6) is -0.506. The monoisotopic (exact) mass is 248 g/mol.